The molecule has 3 heterocycles. The van der Waals surface area contributed by atoms with Gasteiger partial charge in [-0.05, 0) is 38.0 Å². The summed E-state index contributed by atoms with van der Waals surface area (Å²) in [6.07, 6.45) is 1.86. The van der Waals surface area contributed by atoms with Gasteiger partial charge in [-0.15, -0.1) is 0 Å². The normalized spacial score (nSPS) is 16.4. The maximum Gasteiger partial charge on any atom is 0.422 e. The highest BCUT2D eigenvalue weighted by atomic mass is 35.5. The van der Waals surface area contributed by atoms with Gasteiger partial charge < -0.3 is 9.64 Å². The molecular formula is C20H21ClF3N3O. The molecule has 0 aliphatic carbocycles. The van der Waals surface area contributed by atoms with Gasteiger partial charge in [0.25, 0.3) is 0 Å². The number of fused-ring (bicyclic) bond motifs is 1. The number of rotatable bonds is 5. The first-order valence-corrected chi connectivity index (χ1v) is 9.35. The van der Waals surface area contributed by atoms with Crippen molar-refractivity contribution in [3.63, 3.8) is 0 Å². The van der Waals surface area contributed by atoms with Crippen LogP contribution >= 0.6 is 11.6 Å². The second-order valence-corrected chi connectivity index (χ2v) is 7.08. The molecule has 0 radical (unpaired) electrons. The third-order valence-corrected chi connectivity index (χ3v) is 5.01. The third kappa shape index (κ3) is 4.24. The highest BCUT2D eigenvalue weighted by molar-refractivity contribution is 6.30. The SMILES string of the molecule is CC/C=C1/c2ccnc(Cl)c2CN1C(C)c1cnc(OCC(F)(F)F)c(C)c1. The average Bonchev–Trinajstić information content (AvgIpc) is 3.00. The fraction of sp³-hybridized carbons (Fsp3) is 0.400. The van der Waals surface area contributed by atoms with Crippen LogP contribution < -0.4 is 4.74 Å². The van der Waals surface area contributed by atoms with Crippen LogP contribution in [0.5, 0.6) is 5.88 Å². The molecule has 0 saturated heterocycles. The minimum Gasteiger partial charge on any atom is -0.468 e. The summed E-state index contributed by atoms with van der Waals surface area (Å²) < 4.78 is 41.9. The summed E-state index contributed by atoms with van der Waals surface area (Å²) in [6, 6.07) is 3.71. The largest absolute Gasteiger partial charge is 0.468 e. The molecule has 8 heteroatoms. The van der Waals surface area contributed by atoms with Crippen LogP contribution in [0.1, 0.15) is 48.6 Å². The molecule has 0 N–H and O–H groups in total. The van der Waals surface area contributed by atoms with Crippen LogP contribution in [-0.4, -0.2) is 27.7 Å². The lowest BCUT2D eigenvalue weighted by molar-refractivity contribution is -0.154. The minimum atomic E-state index is -4.39. The number of alkyl halides is 3. The molecule has 28 heavy (non-hydrogen) atoms. The van der Waals surface area contributed by atoms with Gasteiger partial charge in [-0.3, -0.25) is 0 Å². The van der Waals surface area contributed by atoms with Crippen LogP contribution in [0.3, 0.4) is 0 Å². The van der Waals surface area contributed by atoms with Crippen molar-refractivity contribution in [1.29, 1.82) is 0 Å². The van der Waals surface area contributed by atoms with Crippen molar-refractivity contribution in [2.45, 2.75) is 46.0 Å². The second kappa shape index (κ2) is 7.99. The number of allylic oxidation sites excluding steroid dienone is 1. The molecule has 0 saturated carbocycles. The highest BCUT2D eigenvalue weighted by Crippen LogP contribution is 2.41. The number of pyridine rings is 2. The molecule has 2 aromatic heterocycles. The van der Waals surface area contributed by atoms with Crippen LogP contribution in [-0.2, 0) is 6.54 Å². The van der Waals surface area contributed by atoms with Gasteiger partial charge in [0.15, 0.2) is 6.61 Å². The Hall–Kier alpha value is -2.28. The van der Waals surface area contributed by atoms with Crippen LogP contribution in [0.25, 0.3) is 5.70 Å². The first-order valence-electron chi connectivity index (χ1n) is 8.98. The lowest BCUT2D eigenvalue weighted by Gasteiger charge is -2.28. The van der Waals surface area contributed by atoms with Gasteiger partial charge in [0.1, 0.15) is 5.15 Å². The molecule has 1 unspecified atom stereocenters. The van der Waals surface area contributed by atoms with Crippen molar-refractivity contribution in [3.8, 4) is 5.88 Å². The number of ether oxygens (including phenoxy) is 1. The Morgan fingerprint density at radius 2 is 2.11 bits per heavy atom. The molecule has 150 valence electrons. The maximum atomic E-state index is 12.4. The van der Waals surface area contributed by atoms with Crippen LogP contribution in [0.4, 0.5) is 13.2 Å². The molecule has 0 bridgehead atoms. The Labute approximate surface area is 167 Å². The van der Waals surface area contributed by atoms with Gasteiger partial charge in [-0.2, -0.15) is 13.2 Å². The van der Waals surface area contributed by atoms with Crippen molar-refractivity contribution in [1.82, 2.24) is 14.9 Å². The highest BCUT2D eigenvalue weighted by Gasteiger charge is 2.31. The van der Waals surface area contributed by atoms with Gasteiger partial charge in [-0.1, -0.05) is 24.6 Å². The van der Waals surface area contributed by atoms with E-state index >= 15 is 0 Å². The molecule has 4 nitrogen and oxygen atoms in total. The lowest BCUT2D eigenvalue weighted by atomic mass is 10.1. The zero-order valence-electron chi connectivity index (χ0n) is 15.8. The van der Waals surface area contributed by atoms with E-state index in [1.54, 1.807) is 19.3 Å². The predicted molar refractivity (Wildman–Crippen MR) is 102 cm³/mol. The molecule has 2 aromatic rings. The van der Waals surface area contributed by atoms with E-state index < -0.39 is 12.8 Å². The van der Waals surface area contributed by atoms with Crippen molar-refractivity contribution in [3.05, 3.63) is 58.0 Å². The van der Waals surface area contributed by atoms with Gasteiger partial charge in [0, 0.05) is 41.3 Å². The van der Waals surface area contributed by atoms with E-state index in [1.165, 1.54) is 0 Å². The summed E-state index contributed by atoms with van der Waals surface area (Å²) in [4.78, 5) is 10.5. The van der Waals surface area contributed by atoms with Crippen LogP contribution in [0, 0.1) is 6.92 Å². The molecule has 3 rings (SSSR count). The first-order chi connectivity index (χ1) is 13.2. The Bertz CT molecular complexity index is 899. The number of halogens is 4. The topological polar surface area (TPSA) is 38.2 Å². The number of hydrogen-bond acceptors (Lipinski definition) is 4. The molecular weight excluding hydrogens is 391 g/mol. The summed E-state index contributed by atoms with van der Waals surface area (Å²) in [5.74, 6) is -0.00505. The summed E-state index contributed by atoms with van der Waals surface area (Å²) >= 11 is 6.28. The Kier molecular flexibility index (Phi) is 5.84. The van der Waals surface area contributed by atoms with Gasteiger partial charge >= 0.3 is 6.18 Å². The van der Waals surface area contributed by atoms with E-state index in [-0.39, 0.29) is 11.9 Å². The Morgan fingerprint density at radius 1 is 1.36 bits per heavy atom. The number of aryl methyl sites for hydroxylation is 1. The van der Waals surface area contributed by atoms with E-state index in [1.807, 2.05) is 19.1 Å². The number of hydrogen-bond donors (Lipinski definition) is 0. The van der Waals surface area contributed by atoms with E-state index in [2.05, 4.69) is 27.9 Å². The fourth-order valence-corrected chi connectivity index (χ4v) is 3.55. The third-order valence-electron chi connectivity index (χ3n) is 4.69. The summed E-state index contributed by atoms with van der Waals surface area (Å²) in [7, 11) is 0. The van der Waals surface area contributed by atoms with Crippen molar-refractivity contribution in [2.75, 3.05) is 6.61 Å². The Balaban J connectivity index is 1.86. The maximum absolute atomic E-state index is 12.4. The molecule has 1 aliphatic rings. The van der Waals surface area contributed by atoms with Gasteiger partial charge in [-0.25, -0.2) is 9.97 Å². The summed E-state index contributed by atoms with van der Waals surface area (Å²) in [5, 5.41) is 0.486. The second-order valence-electron chi connectivity index (χ2n) is 6.72. The van der Waals surface area contributed by atoms with Gasteiger partial charge in [0.05, 0.1) is 6.04 Å². The molecule has 0 spiro atoms. The standard InChI is InChI=1S/C20H21ClF3N3O/c1-4-5-17-15-6-7-25-18(21)16(15)10-27(17)13(3)14-8-12(2)19(26-9-14)28-11-20(22,23)24/h5-9,13H,4,10-11H2,1-3H3/b17-5-. The molecule has 1 aliphatic heterocycles. The molecule has 0 amide bonds. The lowest BCUT2D eigenvalue weighted by Crippen LogP contribution is -2.21. The van der Waals surface area contributed by atoms with E-state index in [9.17, 15) is 13.2 Å². The zero-order valence-corrected chi connectivity index (χ0v) is 16.6. The van der Waals surface area contributed by atoms with Crippen molar-refractivity contribution < 1.29 is 17.9 Å². The van der Waals surface area contributed by atoms with E-state index in [0.717, 1.165) is 28.8 Å². The van der Waals surface area contributed by atoms with Crippen molar-refractivity contribution >= 4 is 17.3 Å². The first kappa shape index (κ1) is 20.5. The number of aromatic nitrogens is 2. The monoisotopic (exact) mass is 411 g/mol. The van der Waals surface area contributed by atoms with Crippen molar-refractivity contribution in [2.24, 2.45) is 0 Å². The smallest absolute Gasteiger partial charge is 0.422 e. The summed E-state index contributed by atoms with van der Waals surface area (Å²) in [6.45, 7) is 5.04. The average molecular weight is 412 g/mol. The molecule has 1 atom stereocenters. The minimum absolute atomic E-state index is 0.00505. The van der Waals surface area contributed by atoms with Crippen LogP contribution in [0.15, 0.2) is 30.6 Å². The molecule has 0 fully saturated rings. The zero-order chi connectivity index (χ0) is 20.5. The molecule has 0 aromatic carbocycles. The van der Waals surface area contributed by atoms with Gasteiger partial charge in [0.2, 0.25) is 5.88 Å². The van der Waals surface area contributed by atoms with E-state index in [4.69, 9.17) is 16.3 Å². The number of nitrogens with zero attached hydrogens (tertiary/aromatic N) is 3. The van der Waals surface area contributed by atoms with Crippen LogP contribution in [0.2, 0.25) is 5.15 Å². The Morgan fingerprint density at radius 3 is 2.75 bits per heavy atom. The van der Waals surface area contributed by atoms with E-state index in [0.29, 0.717) is 17.3 Å². The fourth-order valence-electron chi connectivity index (χ4n) is 3.33. The summed E-state index contributed by atoms with van der Waals surface area (Å²) in [5.41, 5.74) is 4.56. The quantitative estimate of drug-likeness (QED) is 0.591. The predicted octanol–water partition coefficient (Wildman–Crippen LogP) is 5.71.